The number of hydrogen-bond acceptors (Lipinski definition) is 6. The lowest BCUT2D eigenvalue weighted by Crippen LogP contribution is -2.22. The third-order valence-electron chi connectivity index (χ3n) is 4.45. The van der Waals surface area contributed by atoms with E-state index in [-0.39, 0.29) is 6.04 Å². The largest absolute Gasteiger partial charge is 0.360 e. The molecule has 1 saturated heterocycles. The maximum Gasteiger partial charge on any atom is 0.244 e. The molecule has 0 amide bonds. The van der Waals surface area contributed by atoms with Crippen molar-refractivity contribution >= 4 is 0 Å². The second-order valence-corrected chi connectivity index (χ2v) is 6.09. The normalized spacial score (nSPS) is 18.3. The fourth-order valence-corrected chi connectivity index (χ4v) is 3.17. The van der Waals surface area contributed by atoms with Gasteiger partial charge in [0.25, 0.3) is 0 Å². The summed E-state index contributed by atoms with van der Waals surface area (Å²) >= 11 is 0. The summed E-state index contributed by atoms with van der Waals surface area (Å²) in [4.78, 5) is 6.93. The van der Waals surface area contributed by atoms with Crippen LogP contribution in [-0.2, 0) is 13.0 Å². The summed E-state index contributed by atoms with van der Waals surface area (Å²) in [6.07, 6.45) is 3.02. The number of nitrogens with zero attached hydrogens (tertiary/aromatic N) is 4. The van der Waals surface area contributed by atoms with Gasteiger partial charge in [-0.25, -0.2) is 0 Å². The van der Waals surface area contributed by atoms with E-state index in [1.807, 2.05) is 36.4 Å². The maximum absolute atomic E-state index is 5.55. The van der Waals surface area contributed by atoms with Crippen LogP contribution in [0.5, 0.6) is 0 Å². The van der Waals surface area contributed by atoms with Gasteiger partial charge in [-0.3, -0.25) is 4.90 Å². The van der Waals surface area contributed by atoms with Crippen LogP contribution in [-0.4, -0.2) is 26.7 Å². The molecule has 3 heterocycles. The Morgan fingerprint density at radius 1 is 1.17 bits per heavy atom. The van der Waals surface area contributed by atoms with Gasteiger partial charge in [0.1, 0.15) is 0 Å². The average Bonchev–Trinajstić information content (AvgIpc) is 3.36. The average molecular weight is 324 g/mol. The van der Waals surface area contributed by atoms with Crippen molar-refractivity contribution in [2.45, 2.75) is 38.8 Å². The zero-order chi connectivity index (χ0) is 16.4. The van der Waals surface area contributed by atoms with Crippen LogP contribution in [0.25, 0.3) is 11.4 Å². The smallest absolute Gasteiger partial charge is 0.244 e. The fourth-order valence-electron chi connectivity index (χ4n) is 3.17. The molecule has 24 heavy (non-hydrogen) atoms. The Bertz CT molecular complexity index is 796. The zero-order valence-corrected chi connectivity index (χ0v) is 13.7. The highest BCUT2D eigenvalue weighted by atomic mass is 16.5. The number of benzene rings is 1. The Balaban J connectivity index is 1.51. The molecular weight excluding hydrogens is 304 g/mol. The van der Waals surface area contributed by atoms with E-state index < -0.39 is 0 Å². The van der Waals surface area contributed by atoms with Crippen LogP contribution in [0.3, 0.4) is 0 Å². The van der Waals surface area contributed by atoms with E-state index in [1.165, 1.54) is 0 Å². The highest BCUT2D eigenvalue weighted by Gasteiger charge is 2.31. The molecule has 1 atom stereocenters. The highest BCUT2D eigenvalue weighted by Crippen LogP contribution is 2.33. The van der Waals surface area contributed by atoms with E-state index in [0.717, 1.165) is 49.4 Å². The fraction of sp³-hybridized carbons (Fsp3) is 0.389. The summed E-state index contributed by atoms with van der Waals surface area (Å²) in [6, 6.07) is 12.1. The molecule has 0 unspecified atom stereocenters. The van der Waals surface area contributed by atoms with Gasteiger partial charge in [0, 0.05) is 11.6 Å². The Morgan fingerprint density at radius 2 is 2.04 bits per heavy atom. The van der Waals surface area contributed by atoms with E-state index in [4.69, 9.17) is 9.05 Å². The monoisotopic (exact) mass is 324 g/mol. The lowest BCUT2D eigenvalue weighted by Gasteiger charge is -2.19. The molecule has 0 N–H and O–H groups in total. The number of aromatic nitrogens is 3. The van der Waals surface area contributed by atoms with Gasteiger partial charge in [0.2, 0.25) is 11.7 Å². The van der Waals surface area contributed by atoms with Gasteiger partial charge in [-0.2, -0.15) is 4.98 Å². The zero-order valence-electron chi connectivity index (χ0n) is 13.7. The molecule has 0 bridgehead atoms. The molecule has 6 heteroatoms. The molecule has 1 aromatic carbocycles. The molecule has 0 radical (unpaired) electrons. The first-order valence-corrected chi connectivity index (χ1v) is 8.41. The second-order valence-electron chi connectivity index (χ2n) is 6.09. The van der Waals surface area contributed by atoms with Gasteiger partial charge in [0.15, 0.2) is 5.76 Å². The third-order valence-corrected chi connectivity index (χ3v) is 4.45. The van der Waals surface area contributed by atoms with Crippen LogP contribution in [0.4, 0.5) is 0 Å². The van der Waals surface area contributed by atoms with Crippen molar-refractivity contribution in [3.8, 4) is 11.4 Å². The minimum absolute atomic E-state index is 0.144. The van der Waals surface area contributed by atoms with Gasteiger partial charge in [-0.15, -0.1) is 0 Å². The van der Waals surface area contributed by atoms with Gasteiger partial charge >= 0.3 is 0 Å². The van der Waals surface area contributed by atoms with Crippen LogP contribution in [0.1, 0.15) is 43.2 Å². The first kappa shape index (κ1) is 15.1. The van der Waals surface area contributed by atoms with Crippen molar-refractivity contribution in [3.63, 3.8) is 0 Å². The van der Waals surface area contributed by atoms with Crippen molar-refractivity contribution in [1.29, 1.82) is 0 Å². The topological polar surface area (TPSA) is 68.2 Å². The van der Waals surface area contributed by atoms with Crippen molar-refractivity contribution < 1.29 is 9.05 Å². The molecule has 1 fully saturated rings. The molecule has 0 spiro atoms. The van der Waals surface area contributed by atoms with E-state index in [2.05, 4.69) is 27.1 Å². The van der Waals surface area contributed by atoms with Gasteiger partial charge in [-0.05, 0) is 25.8 Å². The minimum atomic E-state index is 0.144. The molecule has 124 valence electrons. The summed E-state index contributed by atoms with van der Waals surface area (Å²) in [5.41, 5.74) is 1.96. The predicted molar refractivity (Wildman–Crippen MR) is 88.0 cm³/mol. The lowest BCUT2D eigenvalue weighted by atomic mass is 10.2. The van der Waals surface area contributed by atoms with Crippen molar-refractivity contribution in [3.05, 3.63) is 53.7 Å². The molecule has 2 aromatic heterocycles. The standard InChI is InChI=1S/C18H20N4O2/c1-2-14-11-15(23-20-14)12-22-10-6-9-16(22)18-19-17(21-24-18)13-7-4-3-5-8-13/h3-5,7-8,11,16H,2,6,9-10,12H2,1H3/t16-/m1/s1. The highest BCUT2D eigenvalue weighted by molar-refractivity contribution is 5.53. The molecule has 1 aliphatic rings. The van der Waals surface area contributed by atoms with Crippen molar-refractivity contribution in [1.82, 2.24) is 20.2 Å². The van der Waals surface area contributed by atoms with Crippen LogP contribution in [0.2, 0.25) is 0 Å². The third kappa shape index (κ3) is 2.97. The first-order chi connectivity index (χ1) is 11.8. The van der Waals surface area contributed by atoms with Gasteiger partial charge in [0.05, 0.1) is 18.3 Å². The Hall–Kier alpha value is -2.47. The molecule has 3 aromatic rings. The Morgan fingerprint density at radius 3 is 2.83 bits per heavy atom. The molecule has 4 rings (SSSR count). The summed E-state index contributed by atoms with van der Waals surface area (Å²) in [7, 11) is 0. The van der Waals surface area contributed by atoms with Crippen molar-refractivity contribution in [2.24, 2.45) is 0 Å². The number of aryl methyl sites for hydroxylation is 1. The number of likely N-dealkylation sites (tertiary alicyclic amines) is 1. The molecule has 6 nitrogen and oxygen atoms in total. The molecular formula is C18H20N4O2. The maximum atomic E-state index is 5.55. The number of rotatable bonds is 5. The van der Waals surface area contributed by atoms with Gasteiger partial charge < -0.3 is 9.05 Å². The van der Waals surface area contributed by atoms with E-state index >= 15 is 0 Å². The van der Waals surface area contributed by atoms with E-state index in [1.54, 1.807) is 0 Å². The van der Waals surface area contributed by atoms with Crippen LogP contribution >= 0.6 is 0 Å². The van der Waals surface area contributed by atoms with Crippen LogP contribution < -0.4 is 0 Å². The molecule has 1 aliphatic heterocycles. The summed E-state index contributed by atoms with van der Waals surface area (Å²) in [5, 5.41) is 8.21. The predicted octanol–water partition coefficient (Wildman–Crippen LogP) is 3.62. The molecule has 0 saturated carbocycles. The summed E-state index contributed by atoms with van der Waals surface area (Å²) in [5.74, 6) is 2.22. The lowest BCUT2D eigenvalue weighted by molar-refractivity contribution is 0.182. The van der Waals surface area contributed by atoms with E-state index in [9.17, 15) is 0 Å². The first-order valence-electron chi connectivity index (χ1n) is 8.41. The summed E-state index contributed by atoms with van der Waals surface area (Å²) in [6.45, 7) is 3.79. The van der Waals surface area contributed by atoms with Gasteiger partial charge in [-0.1, -0.05) is 47.6 Å². The minimum Gasteiger partial charge on any atom is -0.360 e. The van der Waals surface area contributed by atoms with Crippen molar-refractivity contribution in [2.75, 3.05) is 6.54 Å². The summed E-state index contributed by atoms with van der Waals surface area (Å²) < 4.78 is 11.0. The molecule has 0 aliphatic carbocycles. The Labute approximate surface area is 140 Å². The van der Waals surface area contributed by atoms with Crippen LogP contribution in [0, 0.1) is 0 Å². The second kappa shape index (κ2) is 6.57. The Kier molecular flexibility index (Phi) is 4.13. The van der Waals surface area contributed by atoms with E-state index in [0.29, 0.717) is 11.7 Å². The quantitative estimate of drug-likeness (QED) is 0.714. The SMILES string of the molecule is CCc1cc(CN2CCC[C@@H]2c2nc(-c3ccccc3)no2)on1. The van der Waals surface area contributed by atoms with Crippen LogP contribution in [0.15, 0.2) is 45.4 Å². The number of hydrogen-bond donors (Lipinski definition) is 0.